The Morgan fingerprint density at radius 1 is 1.24 bits per heavy atom. The van der Waals surface area contributed by atoms with Crippen LogP contribution in [0.2, 0.25) is 0 Å². The summed E-state index contributed by atoms with van der Waals surface area (Å²) in [5.41, 5.74) is 1.80. The average molecular weight is 357 g/mol. The lowest BCUT2D eigenvalue weighted by atomic mass is 10.4. The van der Waals surface area contributed by atoms with Crippen molar-refractivity contribution in [2.45, 2.75) is 17.7 Å². The molecule has 3 aromatic rings. The van der Waals surface area contributed by atoms with Gasteiger partial charge in [0.2, 0.25) is 10.0 Å². The first kappa shape index (κ1) is 14.9. The van der Waals surface area contributed by atoms with Crippen LogP contribution in [0.15, 0.2) is 38.5 Å². The molecule has 0 radical (unpaired) electrons. The summed E-state index contributed by atoms with van der Waals surface area (Å²) in [4.78, 5) is 5.37. The third-order valence-electron chi connectivity index (χ3n) is 2.72. The number of thiazole rings is 1. The third kappa shape index (κ3) is 3.41. The maximum absolute atomic E-state index is 12.3. The molecule has 3 heterocycles. The standard InChI is InChI=1S/C13H12N2O2S4/c1-9-7-20-13(15-9)10-5-12(19-8-10)21(16,17)14-6-11-3-2-4-18-11/h2-5,7-8,14H,6H2,1H3. The summed E-state index contributed by atoms with van der Waals surface area (Å²) >= 11 is 4.27. The van der Waals surface area contributed by atoms with Gasteiger partial charge < -0.3 is 0 Å². The number of aromatic nitrogens is 1. The van der Waals surface area contributed by atoms with Crippen molar-refractivity contribution in [2.24, 2.45) is 0 Å². The molecule has 110 valence electrons. The summed E-state index contributed by atoms with van der Waals surface area (Å²) in [6.07, 6.45) is 0. The number of rotatable bonds is 5. The Kier molecular flexibility index (Phi) is 4.23. The highest BCUT2D eigenvalue weighted by Crippen LogP contribution is 2.30. The number of aryl methyl sites for hydroxylation is 1. The first-order valence-corrected chi connectivity index (χ1v) is 10.2. The molecule has 0 aliphatic carbocycles. The minimum atomic E-state index is -3.46. The fraction of sp³-hybridized carbons (Fsp3) is 0.154. The molecule has 0 unspecified atom stereocenters. The second-order valence-electron chi connectivity index (χ2n) is 4.35. The molecule has 0 bridgehead atoms. The quantitative estimate of drug-likeness (QED) is 0.758. The Balaban J connectivity index is 1.78. The first-order valence-electron chi connectivity index (χ1n) is 6.08. The lowest BCUT2D eigenvalue weighted by molar-refractivity contribution is 0.584. The van der Waals surface area contributed by atoms with Gasteiger partial charge in [-0.25, -0.2) is 18.1 Å². The minimum absolute atomic E-state index is 0.321. The summed E-state index contributed by atoms with van der Waals surface area (Å²) in [6, 6.07) is 5.49. The van der Waals surface area contributed by atoms with Gasteiger partial charge in [0.15, 0.2) is 0 Å². The number of sulfonamides is 1. The molecule has 0 aliphatic rings. The van der Waals surface area contributed by atoms with Crippen molar-refractivity contribution >= 4 is 44.0 Å². The maximum Gasteiger partial charge on any atom is 0.250 e. The zero-order chi connectivity index (χ0) is 14.9. The largest absolute Gasteiger partial charge is 0.250 e. The van der Waals surface area contributed by atoms with E-state index in [1.165, 1.54) is 34.0 Å². The molecule has 0 fully saturated rings. The van der Waals surface area contributed by atoms with Crippen molar-refractivity contribution in [3.05, 3.63) is 44.9 Å². The van der Waals surface area contributed by atoms with E-state index in [9.17, 15) is 8.42 Å². The second kappa shape index (κ2) is 5.98. The first-order chi connectivity index (χ1) is 10.0. The molecule has 0 saturated heterocycles. The topological polar surface area (TPSA) is 59.1 Å². The minimum Gasteiger partial charge on any atom is -0.241 e. The summed E-state index contributed by atoms with van der Waals surface area (Å²) in [5.74, 6) is 0. The Hall–Kier alpha value is -1.06. The van der Waals surface area contributed by atoms with Gasteiger partial charge in [-0.15, -0.1) is 34.0 Å². The van der Waals surface area contributed by atoms with E-state index in [2.05, 4.69) is 9.71 Å². The summed E-state index contributed by atoms with van der Waals surface area (Å²) in [6.45, 7) is 2.25. The Morgan fingerprint density at radius 3 is 2.76 bits per heavy atom. The predicted molar refractivity (Wildman–Crippen MR) is 88.5 cm³/mol. The van der Waals surface area contributed by atoms with Crippen LogP contribution in [0.4, 0.5) is 0 Å². The molecule has 4 nitrogen and oxygen atoms in total. The molecule has 3 aromatic heterocycles. The SMILES string of the molecule is Cc1csc(-c2csc(S(=O)(=O)NCc3cccs3)c2)n1. The van der Waals surface area contributed by atoms with Gasteiger partial charge in [-0.05, 0) is 24.4 Å². The number of nitrogens with zero attached hydrogens (tertiary/aromatic N) is 1. The zero-order valence-electron chi connectivity index (χ0n) is 11.1. The molecule has 0 saturated carbocycles. The van der Waals surface area contributed by atoms with E-state index >= 15 is 0 Å². The van der Waals surface area contributed by atoms with Crippen molar-refractivity contribution < 1.29 is 8.42 Å². The van der Waals surface area contributed by atoms with E-state index < -0.39 is 10.0 Å². The van der Waals surface area contributed by atoms with Gasteiger partial charge in [0.05, 0.1) is 0 Å². The molecule has 0 amide bonds. The van der Waals surface area contributed by atoms with Crippen molar-refractivity contribution in [1.29, 1.82) is 0 Å². The Bertz CT molecular complexity index is 831. The monoisotopic (exact) mass is 356 g/mol. The van der Waals surface area contributed by atoms with Gasteiger partial charge in [-0.3, -0.25) is 0 Å². The maximum atomic E-state index is 12.3. The summed E-state index contributed by atoms with van der Waals surface area (Å²) in [5, 5.41) is 6.56. The fourth-order valence-electron chi connectivity index (χ4n) is 1.71. The highest BCUT2D eigenvalue weighted by atomic mass is 32.2. The lowest BCUT2D eigenvalue weighted by Gasteiger charge is -2.02. The van der Waals surface area contributed by atoms with E-state index in [1.807, 2.05) is 35.2 Å². The van der Waals surface area contributed by atoms with Crippen LogP contribution in [-0.2, 0) is 16.6 Å². The number of hydrogen-bond acceptors (Lipinski definition) is 6. The molecule has 0 aliphatic heterocycles. The molecule has 3 rings (SSSR count). The van der Waals surface area contributed by atoms with Crippen LogP contribution in [0.1, 0.15) is 10.6 Å². The van der Waals surface area contributed by atoms with Crippen molar-refractivity contribution in [1.82, 2.24) is 9.71 Å². The fourth-order valence-corrected chi connectivity index (χ4v) is 5.52. The van der Waals surface area contributed by atoms with Gasteiger partial charge in [0, 0.05) is 33.4 Å². The van der Waals surface area contributed by atoms with Crippen LogP contribution in [0, 0.1) is 6.92 Å². The van der Waals surface area contributed by atoms with Gasteiger partial charge in [0.25, 0.3) is 0 Å². The van der Waals surface area contributed by atoms with Gasteiger partial charge in [-0.2, -0.15) is 0 Å². The van der Waals surface area contributed by atoms with Crippen LogP contribution in [0.25, 0.3) is 10.6 Å². The zero-order valence-corrected chi connectivity index (χ0v) is 14.3. The molecular formula is C13H12N2O2S4. The summed E-state index contributed by atoms with van der Waals surface area (Å²) < 4.78 is 27.5. The van der Waals surface area contributed by atoms with E-state index in [0.29, 0.717) is 10.8 Å². The smallest absolute Gasteiger partial charge is 0.241 e. The van der Waals surface area contributed by atoms with Crippen molar-refractivity contribution in [3.63, 3.8) is 0 Å². The molecule has 21 heavy (non-hydrogen) atoms. The molecule has 1 N–H and O–H groups in total. The van der Waals surface area contributed by atoms with Crippen LogP contribution in [0.3, 0.4) is 0 Å². The number of thiophene rings is 2. The van der Waals surface area contributed by atoms with Gasteiger partial charge >= 0.3 is 0 Å². The normalized spacial score (nSPS) is 11.9. The average Bonchev–Trinajstić information content (AvgIpc) is 3.17. The molecule has 8 heteroatoms. The van der Waals surface area contributed by atoms with Gasteiger partial charge in [0.1, 0.15) is 9.22 Å². The van der Waals surface area contributed by atoms with Crippen LogP contribution in [0.5, 0.6) is 0 Å². The van der Waals surface area contributed by atoms with Crippen LogP contribution in [-0.4, -0.2) is 13.4 Å². The van der Waals surface area contributed by atoms with E-state index in [0.717, 1.165) is 21.1 Å². The summed E-state index contributed by atoms with van der Waals surface area (Å²) in [7, 11) is -3.46. The number of hydrogen-bond donors (Lipinski definition) is 1. The highest BCUT2D eigenvalue weighted by molar-refractivity contribution is 7.91. The van der Waals surface area contributed by atoms with Crippen LogP contribution >= 0.6 is 34.0 Å². The second-order valence-corrected chi connectivity index (χ2v) is 9.15. The molecule has 0 spiro atoms. The molecular weight excluding hydrogens is 344 g/mol. The predicted octanol–water partition coefficient (Wildman–Crippen LogP) is 3.72. The van der Waals surface area contributed by atoms with E-state index in [4.69, 9.17) is 0 Å². The lowest BCUT2D eigenvalue weighted by Crippen LogP contribution is -2.21. The third-order valence-corrected chi connectivity index (χ3v) is 7.45. The van der Waals surface area contributed by atoms with Crippen LogP contribution < -0.4 is 4.72 Å². The Morgan fingerprint density at radius 2 is 2.10 bits per heavy atom. The highest BCUT2D eigenvalue weighted by Gasteiger charge is 2.18. The number of nitrogens with one attached hydrogen (secondary N) is 1. The van der Waals surface area contributed by atoms with Gasteiger partial charge in [-0.1, -0.05) is 6.07 Å². The molecule has 0 aromatic carbocycles. The van der Waals surface area contributed by atoms with Crippen molar-refractivity contribution in [3.8, 4) is 10.6 Å². The van der Waals surface area contributed by atoms with E-state index in [1.54, 1.807) is 6.07 Å². The van der Waals surface area contributed by atoms with Crippen molar-refractivity contribution in [2.75, 3.05) is 0 Å². The Labute approximate surface area is 135 Å². The van der Waals surface area contributed by atoms with E-state index in [-0.39, 0.29) is 0 Å². The molecule has 0 atom stereocenters.